The molecule has 5 aromatic carbocycles. The van der Waals surface area contributed by atoms with E-state index in [4.69, 9.17) is 9.98 Å². The Kier molecular flexibility index (Phi) is 4.60. The van der Waals surface area contributed by atoms with Crippen molar-refractivity contribution in [1.29, 1.82) is 0 Å². The van der Waals surface area contributed by atoms with Crippen LogP contribution >= 0.6 is 15.9 Å². The first-order valence-electron chi connectivity index (χ1n) is 12.4. The first kappa shape index (κ1) is 21.4. The lowest BCUT2D eigenvalue weighted by atomic mass is 9.99. The summed E-state index contributed by atoms with van der Waals surface area (Å²) >= 11 is 3.58. The maximum Gasteiger partial charge on any atom is 0.140 e. The number of aromatic nitrogens is 4. The molecule has 0 amide bonds. The highest BCUT2D eigenvalue weighted by Crippen LogP contribution is 2.38. The highest BCUT2D eigenvalue weighted by molar-refractivity contribution is 9.10. The Morgan fingerprint density at radius 3 is 2.37 bits per heavy atom. The number of hydrogen-bond acceptors (Lipinski definition) is 2. The third kappa shape index (κ3) is 3.24. The van der Waals surface area contributed by atoms with Gasteiger partial charge in [-0.3, -0.25) is 4.99 Å². The van der Waals surface area contributed by atoms with Crippen LogP contribution in [0.25, 0.3) is 65.8 Å². The van der Waals surface area contributed by atoms with E-state index < -0.39 is 0 Å². The van der Waals surface area contributed by atoms with Gasteiger partial charge in [0.05, 0.1) is 16.7 Å². The van der Waals surface area contributed by atoms with Crippen LogP contribution < -0.4 is 0 Å². The second kappa shape index (κ2) is 8.16. The lowest BCUT2D eigenvalue weighted by Gasteiger charge is -2.07. The van der Waals surface area contributed by atoms with Crippen molar-refractivity contribution in [1.82, 2.24) is 19.9 Å². The number of halogens is 1. The lowest BCUT2D eigenvalue weighted by molar-refractivity contribution is 1.34. The van der Waals surface area contributed by atoms with Gasteiger partial charge in [0.25, 0.3) is 0 Å². The summed E-state index contributed by atoms with van der Waals surface area (Å²) < 4.78 is 1.05. The molecule has 3 aromatic heterocycles. The number of H-pyrrole nitrogens is 3. The fourth-order valence-electron chi connectivity index (χ4n) is 5.50. The number of benzene rings is 5. The summed E-state index contributed by atoms with van der Waals surface area (Å²) in [6, 6.07) is 29.4. The Morgan fingerprint density at radius 1 is 0.684 bits per heavy atom. The third-order valence-electron chi connectivity index (χ3n) is 7.32. The molecule has 8 aromatic rings. The molecule has 3 N–H and O–H groups in total. The Bertz CT molecular complexity index is 2210. The average Bonchev–Trinajstić information content (AvgIpc) is 3.68. The van der Waals surface area contributed by atoms with Crippen LogP contribution in [0.5, 0.6) is 0 Å². The monoisotopic (exact) mass is 553 g/mol. The second-order valence-electron chi connectivity index (χ2n) is 9.52. The van der Waals surface area contributed by atoms with Crippen LogP contribution in [-0.2, 0) is 0 Å². The smallest absolute Gasteiger partial charge is 0.140 e. The molecule has 0 saturated heterocycles. The van der Waals surface area contributed by atoms with Crippen LogP contribution in [0.15, 0.2) is 107 Å². The number of nitrogens with one attached hydrogen (secondary N) is 3. The Balaban J connectivity index is 1.33. The van der Waals surface area contributed by atoms with Crippen LogP contribution in [0, 0.1) is 0 Å². The number of aromatic amines is 3. The molecular weight excluding hydrogens is 534 g/mol. The molecule has 8 rings (SSSR count). The molecule has 0 bridgehead atoms. The zero-order chi connectivity index (χ0) is 25.2. The van der Waals surface area contributed by atoms with Gasteiger partial charge in [0.15, 0.2) is 0 Å². The van der Waals surface area contributed by atoms with Crippen LogP contribution in [-0.4, -0.2) is 26.2 Å². The van der Waals surface area contributed by atoms with Gasteiger partial charge in [-0.2, -0.15) is 0 Å². The summed E-state index contributed by atoms with van der Waals surface area (Å²) in [5.74, 6) is 0.855. The number of rotatable bonds is 3. The normalized spacial score (nSPS) is 12.2. The molecule has 0 aliphatic carbocycles. The number of para-hydroxylation sites is 1. The summed E-state index contributed by atoms with van der Waals surface area (Å²) in [5.41, 5.74) is 7.17. The summed E-state index contributed by atoms with van der Waals surface area (Å²) in [6.07, 6.45) is 5.95. The van der Waals surface area contributed by atoms with Crippen molar-refractivity contribution in [3.05, 3.63) is 107 Å². The number of fused-ring (bicyclic) bond motifs is 8. The molecule has 0 unspecified atom stereocenters. The van der Waals surface area contributed by atoms with Crippen molar-refractivity contribution in [3.8, 4) is 11.4 Å². The van der Waals surface area contributed by atoms with Gasteiger partial charge >= 0.3 is 0 Å². The zero-order valence-corrected chi connectivity index (χ0v) is 21.7. The summed E-state index contributed by atoms with van der Waals surface area (Å²) in [7, 11) is 0. The van der Waals surface area contributed by atoms with Crippen molar-refractivity contribution in [2.75, 3.05) is 0 Å². The number of aliphatic imine (C=N–C) groups is 1. The number of hydrogen-bond donors (Lipinski definition) is 3. The van der Waals surface area contributed by atoms with E-state index >= 15 is 0 Å². The minimum Gasteiger partial charge on any atom is -0.361 e. The summed E-state index contributed by atoms with van der Waals surface area (Å²) in [4.78, 5) is 20.3. The Labute approximate surface area is 225 Å². The molecule has 5 nitrogen and oxygen atoms in total. The van der Waals surface area contributed by atoms with E-state index in [1.165, 1.54) is 10.8 Å². The van der Waals surface area contributed by atoms with Gasteiger partial charge < -0.3 is 15.0 Å². The molecule has 0 atom stereocenters. The van der Waals surface area contributed by atoms with Gasteiger partial charge in [-0.05, 0) is 47.2 Å². The predicted molar refractivity (Wildman–Crippen MR) is 162 cm³/mol. The molecule has 3 heterocycles. The van der Waals surface area contributed by atoms with Crippen molar-refractivity contribution in [2.45, 2.75) is 0 Å². The predicted octanol–water partition coefficient (Wildman–Crippen LogP) is 9.01. The van der Waals surface area contributed by atoms with Crippen LogP contribution in [0.3, 0.4) is 0 Å². The minimum atomic E-state index is 0.855. The molecule has 0 aliphatic heterocycles. The van der Waals surface area contributed by atoms with E-state index in [1.54, 1.807) is 0 Å². The van der Waals surface area contributed by atoms with E-state index in [9.17, 15) is 0 Å². The Morgan fingerprint density at radius 2 is 1.45 bits per heavy atom. The molecular formula is C32H20BrN5. The summed E-state index contributed by atoms with van der Waals surface area (Å²) in [5, 5.41) is 6.89. The molecule has 0 spiro atoms. The van der Waals surface area contributed by atoms with Crippen LogP contribution in [0.4, 0.5) is 5.69 Å². The van der Waals surface area contributed by atoms with Gasteiger partial charge in [0, 0.05) is 66.8 Å². The van der Waals surface area contributed by atoms with Crippen molar-refractivity contribution < 1.29 is 0 Å². The molecule has 0 radical (unpaired) electrons. The highest BCUT2D eigenvalue weighted by atomic mass is 79.9. The fraction of sp³-hybridized carbons (Fsp3) is 0. The van der Waals surface area contributed by atoms with Crippen LogP contribution in [0.1, 0.15) is 5.56 Å². The van der Waals surface area contributed by atoms with E-state index in [1.807, 2.05) is 30.7 Å². The molecule has 38 heavy (non-hydrogen) atoms. The molecule has 180 valence electrons. The second-order valence-corrected chi connectivity index (χ2v) is 10.4. The number of nitrogens with zero attached hydrogens (tertiary/aromatic N) is 2. The standard InChI is InChI=1S/C32H20BrN5/c33-19-9-12-29-25(13-19)18(16-35-29)15-34-20-10-11-22-21-5-1-2-7-24(21)30-31(26(22)14-20)38-32(37-30)27-17-36-28-8-4-3-6-23(27)28/h1-17,35-36H,(H,37,38)/b34-15+. The largest absolute Gasteiger partial charge is 0.361 e. The topological polar surface area (TPSA) is 72.6 Å². The van der Waals surface area contributed by atoms with Gasteiger partial charge in [-0.25, -0.2) is 4.98 Å². The van der Waals surface area contributed by atoms with Crippen molar-refractivity contribution >= 4 is 82.2 Å². The van der Waals surface area contributed by atoms with Gasteiger partial charge in [0.2, 0.25) is 0 Å². The fourth-order valence-corrected chi connectivity index (χ4v) is 5.86. The molecule has 0 fully saturated rings. The van der Waals surface area contributed by atoms with E-state index in [-0.39, 0.29) is 0 Å². The molecule has 0 saturated carbocycles. The Hall–Kier alpha value is -4.68. The van der Waals surface area contributed by atoms with Crippen molar-refractivity contribution in [3.63, 3.8) is 0 Å². The maximum absolute atomic E-state index is 5.12. The molecule has 6 heteroatoms. The van der Waals surface area contributed by atoms with E-state index in [0.717, 1.165) is 70.7 Å². The lowest BCUT2D eigenvalue weighted by Crippen LogP contribution is -1.83. The maximum atomic E-state index is 5.12. The van der Waals surface area contributed by atoms with Gasteiger partial charge in [-0.1, -0.05) is 64.5 Å². The van der Waals surface area contributed by atoms with Crippen LogP contribution in [0.2, 0.25) is 0 Å². The summed E-state index contributed by atoms with van der Waals surface area (Å²) in [6.45, 7) is 0. The first-order valence-corrected chi connectivity index (χ1v) is 13.2. The van der Waals surface area contributed by atoms with Gasteiger partial charge in [-0.15, -0.1) is 0 Å². The molecule has 0 aliphatic rings. The highest BCUT2D eigenvalue weighted by Gasteiger charge is 2.16. The van der Waals surface area contributed by atoms with E-state index in [0.29, 0.717) is 0 Å². The quantitative estimate of drug-likeness (QED) is 0.148. The number of imidazole rings is 1. The first-order chi connectivity index (χ1) is 18.7. The third-order valence-corrected chi connectivity index (χ3v) is 7.81. The van der Waals surface area contributed by atoms with Crippen molar-refractivity contribution in [2.24, 2.45) is 4.99 Å². The zero-order valence-electron chi connectivity index (χ0n) is 20.1. The minimum absolute atomic E-state index is 0.855. The van der Waals surface area contributed by atoms with Gasteiger partial charge in [0.1, 0.15) is 5.82 Å². The van der Waals surface area contributed by atoms with E-state index in [2.05, 4.69) is 104 Å². The SMILES string of the molecule is Brc1ccc2[nH]cc(/C=N/c3ccc4c5ccccc5c5nc(-c6c[nH]c7ccccc67)[nH]c5c4c3)c2c1. The average molecular weight is 554 g/mol.